The van der Waals surface area contributed by atoms with Gasteiger partial charge >= 0.3 is 0 Å². The fourth-order valence-corrected chi connectivity index (χ4v) is 5.35. The Kier molecular flexibility index (Phi) is 10.6. The molecule has 0 aliphatic rings. The average molecular weight is 541 g/mol. The molecule has 0 N–H and O–H groups in total. The molecule has 0 fully saturated rings. The number of ether oxygens (including phenoxy) is 2. The highest BCUT2D eigenvalue weighted by molar-refractivity contribution is 7.92. The van der Waals surface area contributed by atoms with E-state index in [2.05, 4.69) is 0 Å². The molecule has 0 bridgehead atoms. The highest BCUT2D eigenvalue weighted by Gasteiger charge is 2.29. The maximum Gasteiger partial charge on any atom is 0.238 e. The van der Waals surface area contributed by atoms with Gasteiger partial charge in [-0.25, -0.2) is 8.42 Å². The number of furan rings is 1. The van der Waals surface area contributed by atoms with E-state index < -0.39 is 10.0 Å². The van der Waals surface area contributed by atoms with Crippen molar-refractivity contribution in [2.75, 3.05) is 27.3 Å². The van der Waals surface area contributed by atoms with E-state index in [0.29, 0.717) is 36.6 Å². The molecule has 0 saturated heterocycles. The van der Waals surface area contributed by atoms with Gasteiger partial charge in [-0.15, -0.1) is 0 Å². The molecule has 8 nitrogen and oxygen atoms in total. The second-order valence-electron chi connectivity index (χ2n) is 8.89. The lowest BCUT2D eigenvalue weighted by Crippen LogP contribution is -2.46. The summed E-state index contributed by atoms with van der Waals surface area (Å²) in [6.45, 7) is 4.03. The van der Waals surface area contributed by atoms with E-state index in [4.69, 9.17) is 13.9 Å². The Balaban J connectivity index is 1.81. The lowest BCUT2D eigenvalue weighted by Gasteiger charge is -2.29. The predicted octanol–water partition coefficient (Wildman–Crippen LogP) is 4.97. The Labute approximate surface area is 225 Å². The van der Waals surface area contributed by atoms with Crippen molar-refractivity contribution in [3.8, 4) is 11.5 Å². The van der Waals surface area contributed by atoms with Crippen molar-refractivity contribution in [1.29, 1.82) is 0 Å². The Morgan fingerprint density at radius 3 is 2.39 bits per heavy atom. The zero-order valence-corrected chi connectivity index (χ0v) is 23.2. The van der Waals surface area contributed by atoms with Crippen molar-refractivity contribution >= 4 is 22.0 Å². The molecule has 3 aromatic rings. The van der Waals surface area contributed by atoms with E-state index in [0.717, 1.165) is 11.1 Å². The fourth-order valence-electron chi connectivity index (χ4n) is 3.92. The number of hydrogen-bond acceptors (Lipinski definition) is 6. The number of benzene rings is 2. The van der Waals surface area contributed by atoms with Gasteiger partial charge in [0.25, 0.3) is 0 Å². The van der Waals surface area contributed by atoms with Crippen LogP contribution in [0.15, 0.2) is 76.8 Å². The lowest BCUT2D eigenvalue weighted by atomic mass is 10.1. The molecule has 1 heterocycles. The quantitative estimate of drug-likeness (QED) is 0.287. The molecule has 0 aliphatic heterocycles. The van der Waals surface area contributed by atoms with Gasteiger partial charge in [-0.1, -0.05) is 43.3 Å². The minimum atomic E-state index is -3.85. The molecule has 0 saturated carbocycles. The number of amides is 1. The van der Waals surface area contributed by atoms with Gasteiger partial charge in [0, 0.05) is 18.0 Å². The van der Waals surface area contributed by atoms with Crippen LogP contribution in [0.1, 0.15) is 37.2 Å². The first-order valence-corrected chi connectivity index (χ1v) is 14.0. The molecule has 204 valence electrons. The third-order valence-corrected chi connectivity index (χ3v) is 7.95. The molecule has 1 amide bonds. The minimum Gasteiger partial charge on any atom is -0.493 e. The smallest absolute Gasteiger partial charge is 0.238 e. The summed E-state index contributed by atoms with van der Waals surface area (Å²) >= 11 is 0. The van der Waals surface area contributed by atoms with Crippen LogP contribution in [0.4, 0.5) is 0 Å². The number of hydrogen-bond donors (Lipinski definition) is 0. The van der Waals surface area contributed by atoms with Crippen LogP contribution < -0.4 is 9.47 Å². The fraction of sp³-hybridized carbons (Fsp3) is 0.345. The van der Waals surface area contributed by atoms with Gasteiger partial charge in [-0.2, -0.15) is 4.31 Å². The van der Waals surface area contributed by atoms with Crippen molar-refractivity contribution < 1.29 is 27.1 Å². The molecule has 9 heteroatoms. The molecule has 3 rings (SSSR count). The first-order chi connectivity index (χ1) is 18.3. The largest absolute Gasteiger partial charge is 0.493 e. The zero-order chi connectivity index (χ0) is 27.5. The van der Waals surface area contributed by atoms with Crippen LogP contribution in [0.5, 0.6) is 11.5 Å². The number of nitrogens with zero attached hydrogens (tertiary/aromatic N) is 2. The van der Waals surface area contributed by atoms with E-state index in [1.165, 1.54) is 9.71 Å². The van der Waals surface area contributed by atoms with Crippen molar-refractivity contribution in [1.82, 2.24) is 9.21 Å². The van der Waals surface area contributed by atoms with Gasteiger partial charge in [0.15, 0.2) is 11.5 Å². The van der Waals surface area contributed by atoms with E-state index in [1.807, 2.05) is 62.4 Å². The Bertz CT molecular complexity index is 1290. The summed E-state index contributed by atoms with van der Waals surface area (Å²) in [6.07, 6.45) is 4.20. The SMILES string of the molecule is CCC(C)N(CC(=O)N(CCc1ccc(OC)c(OC)c1)Cc1ccco1)S(=O)(=O)/C=C/c1ccccc1. The Morgan fingerprint density at radius 2 is 1.76 bits per heavy atom. The third kappa shape index (κ3) is 7.97. The summed E-state index contributed by atoms with van der Waals surface area (Å²) < 4.78 is 44.1. The van der Waals surface area contributed by atoms with Crippen LogP contribution in [0.3, 0.4) is 0 Å². The number of carbonyl (C=O) groups excluding carboxylic acids is 1. The maximum absolute atomic E-state index is 13.6. The first-order valence-electron chi connectivity index (χ1n) is 12.5. The summed E-state index contributed by atoms with van der Waals surface area (Å²) in [7, 11) is -0.704. The first kappa shape index (κ1) is 29.0. The summed E-state index contributed by atoms with van der Waals surface area (Å²) in [6, 6.07) is 18.0. The lowest BCUT2D eigenvalue weighted by molar-refractivity contribution is -0.132. The van der Waals surface area contributed by atoms with Crippen molar-refractivity contribution in [3.63, 3.8) is 0 Å². The second-order valence-corrected chi connectivity index (χ2v) is 10.7. The molecular formula is C29H36N2O6S. The zero-order valence-electron chi connectivity index (χ0n) is 22.4. The van der Waals surface area contributed by atoms with Crippen molar-refractivity contribution in [3.05, 3.63) is 89.2 Å². The Morgan fingerprint density at radius 1 is 1.03 bits per heavy atom. The maximum atomic E-state index is 13.6. The van der Waals surface area contributed by atoms with E-state index >= 15 is 0 Å². The Hall–Kier alpha value is -3.56. The van der Waals surface area contributed by atoms with Crippen LogP contribution in [0, 0.1) is 0 Å². The standard InChI is InChI=1S/C29H36N2O6S/c1-5-23(2)31(38(33,34)19-16-24-10-7-6-8-11-24)22-29(32)30(21-26-12-9-18-37-26)17-15-25-13-14-27(35-3)28(20-25)36-4/h6-14,16,18-20,23H,5,15,17,21-22H2,1-4H3/b19-16+. The van der Waals surface area contributed by atoms with E-state index in [9.17, 15) is 13.2 Å². The number of rotatable bonds is 14. The van der Waals surface area contributed by atoms with Crippen molar-refractivity contribution in [2.45, 2.75) is 39.3 Å². The monoisotopic (exact) mass is 540 g/mol. The molecule has 1 atom stereocenters. The molecule has 0 spiro atoms. The predicted molar refractivity (Wildman–Crippen MR) is 148 cm³/mol. The summed E-state index contributed by atoms with van der Waals surface area (Å²) in [5.41, 5.74) is 1.72. The summed E-state index contributed by atoms with van der Waals surface area (Å²) in [5, 5.41) is 1.17. The molecular weight excluding hydrogens is 504 g/mol. The number of methoxy groups -OCH3 is 2. The van der Waals surface area contributed by atoms with Crippen LogP contribution in [-0.4, -0.2) is 56.9 Å². The van der Waals surface area contributed by atoms with Crippen LogP contribution >= 0.6 is 0 Å². The van der Waals surface area contributed by atoms with Gasteiger partial charge in [0.1, 0.15) is 5.76 Å². The molecule has 1 aromatic heterocycles. The molecule has 1 unspecified atom stereocenters. The topological polar surface area (TPSA) is 89.3 Å². The van der Waals surface area contributed by atoms with Crippen molar-refractivity contribution in [2.24, 2.45) is 0 Å². The van der Waals surface area contributed by atoms with Gasteiger partial charge in [0.2, 0.25) is 15.9 Å². The summed E-state index contributed by atoms with van der Waals surface area (Å²) in [5.74, 6) is 1.54. The normalized spacial score (nSPS) is 12.6. The van der Waals surface area contributed by atoms with E-state index in [-0.39, 0.29) is 25.0 Å². The van der Waals surface area contributed by atoms with Gasteiger partial charge in [-0.05, 0) is 61.2 Å². The molecule has 38 heavy (non-hydrogen) atoms. The second kappa shape index (κ2) is 13.8. The van der Waals surface area contributed by atoms with Crippen LogP contribution in [0.25, 0.3) is 6.08 Å². The highest BCUT2D eigenvalue weighted by atomic mass is 32.2. The van der Waals surface area contributed by atoms with Gasteiger partial charge in [-0.3, -0.25) is 4.79 Å². The number of carbonyl (C=O) groups is 1. The molecule has 0 aliphatic carbocycles. The van der Waals surface area contributed by atoms with Gasteiger partial charge in [0.05, 0.1) is 33.6 Å². The highest BCUT2D eigenvalue weighted by Crippen LogP contribution is 2.28. The van der Waals surface area contributed by atoms with Gasteiger partial charge < -0.3 is 18.8 Å². The minimum absolute atomic E-state index is 0.230. The summed E-state index contributed by atoms with van der Waals surface area (Å²) in [4.78, 5) is 15.2. The van der Waals surface area contributed by atoms with Crippen LogP contribution in [-0.2, 0) is 27.8 Å². The molecule has 0 radical (unpaired) electrons. The molecule has 2 aromatic carbocycles. The average Bonchev–Trinajstić information content (AvgIpc) is 3.46. The van der Waals surface area contributed by atoms with E-state index in [1.54, 1.807) is 43.6 Å². The third-order valence-electron chi connectivity index (χ3n) is 6.33. The van der Waals surface area contributed by atoms with Crippen LogP contribution in [0.2, 0.25) is 0 Å². The number of sulfonamides is 1.